The van der Waals surface area contributed by atoms with Crippen molar-refractivity contribution in [2.45, 2.75) is 109 Å². The molecule has 2 aromatic rings. The molecule has 1 aliphatic carbocycles. The summed E-state index contributed by atoms with van der Waals surface area (Å²) in [6.07, 6.45) is 13.9. The summed E-state index contributed by atoms with van der Waals surface area (Å²) in [5.41, 5.74) is 1.14. The molecule has 34 heavy (non-hydrogen) atoms. The standard InChI is InChI=1S/C30H40F4/c1-2-3-4-5-6-7-8-9-10-11-23-12-14-24(15-13-23)26-18-21-28(29(31)22-26)25-16-19-27(20-17-25)30(32,33)34/h16-24H,2-15H2,1H3. The third-order valence-corrected chi connectivity index (χ3v) is 7.55. The number of hydrogen-bond donors (Lipinski definition) is 0. The Bertz CT molecular complexity index is 845. The molecule has 0 unspecified atom stereocenters. The van der Waals surface area contributed by atoms with Gasteiger partial charge in [-0.2, -0.15) is 13.2 Å². The van der Waals surface area contributed by atoms with Crippen LogP contribution in [0.5, 0.6) is 0 Å². The van der Waals surface area contributed by atoms with Crippen LogP contribution in [0.15, 0.2) is 42.5 Å². The monoisotopic (exact) mass is 476 g/mol. The van der Waals surface area contributed by atoms with Crippen LogP contribution in [0.3, 0.4) is 0 Å². The fraction of sp³-hybridized carbons (Fsp3) is 0.600. The van der Waals surface area contributed by atoms with Crippen molar-refractivity contribution in [1.29, 1.82) is 0 Å². The smallest absolute Gasteiger partial charge is 0.206 e. The van der Waals surface area contributed by atoms with E-state index in [0.29, 0.717) is 17.0 Å². The number of benzene rings is 2. The zero-order valence-corrected chi connectivity index (χ0v) is 20.6. The highest BCUT2D eigenvalue weighted by Crippen LogP contribution is 2.39. The average molecular weight is 477 g/mol. The number of rotatable bonds is 12. The lowest BCUT2D eigenvalue weighted by atomic mass is 9.77. The SMILES string of the molecule is CCCCCCCCCCCC1CCC(c2ccc(-c3ccc(C(F)(F)F)cc3)c(F)c2)CC1. The number of unbranched alkanes of at least 4 members (excludes halogenated alkanes) is 8. The molecule has 0 spiro atoms. The maximum Gasteiger partial charge on any atom is 0.416 e. The van der Waals surface area contributed by atoms with E-state index < -0.39 is 11.7 Å². The van der Waals surface area contributed by atoms with Crippen LogP contribution in [0.1, 0.15) is 114 Å². The predicted octanol–water partition coefficient (Wildman–Crippen LogP) is 10.7. The lowest BCUT2D eigenvalue weighted by molar-refractivity contribution is -0.137. The third kappa shape index (κ3) is 8.13. The minimum atomic E-state index is -4.38. The Kier molecular flexibility index (Phi) is 10.5. The normalized spacial score (nSPS) is 18.9. The number of alkyl halides is 3. The van der Waals surface area contributed by atoms with Crippen molar-refractivity contribution in [2.24, 2.45) is 5.92 Å². The largest absolute Gasteiger partial charge is 0.416 e. The van der Waals surface area contributed by atoms with E-state index in [-0.39, 0.29) is 5.82 Å². The fourth-order valence-electron chi connectivity index (χ4n) is 5.39. The molecule has 0 nitrogen and oxygen atoms in total. The van der Waals surface area contributed by atoms with E-state index in [1.807, 2.05) is 6.07 Å². The van der Waals surface area contributed by atoms with Gasteiger partial charge in [0, 0.05) is 5.56 Å². The van der Waals surface area contributed by atoms with Crippen molar-refractivity contribution in [1.82, 2.24) is 0 Å². The molecular weight excluding hydrogens is 436 g/mol. The van der Waals surface area contributed by atoms with Crippen LogP contribution in [0.2, 0.25) is 0 Å². The minimum Gasteiger partial charge on any atom is -0.206 e. The lowest BCUT2D eigenvalue weighted by Gasteiger charge is -2.29. The maximum atomic E-state index is 14.8. The molecular formula is C30H40F4. The summed E-state index contributed by atoms with van der Waals surface area (Å²) in [6.45, 7) is 2.26. The lowest BCUT2D eigenvalue weighted by Crippen LogP contribution is -2.13. The molecule has 3 rings (SSSR count). The second-order valence-electron chi connectivity index (χ2n) is 10.1. The molecule has 0 heterocycles. The number of halogens is 4. The molecule has 1 aliphatic rings. The minimum absolute atomic E-state index is 0.353. The molecule has 1 saturated carbocycles. The van der Waals surface area contributed by atoms with E-state index in [0.717, 1.165) is 36.5 Å². The van der Waals surface area contributed by atoms with Gasteiger partial charge in [0.15, 0.2) is 0 Å². The van der Waals surface area contributed by atoms with Crippen LogP contribution >= 0.6 is 0 Å². The fourth-order valence-corrected chi connectivity index (χ4v) is 5.39. The van der Waals surface area contributed by atoms with Gasteiger partial charge in [-0.1, -0.05) is 95.4 Å². The Morgan fingerprint density at radius 1 is 0.735 bits per heavy atom. The van der Waals surface area contributed by atoms with Crippen molar-refractivity contribution in [3.63, 3.8) is 0 Å². The molecule has 2 aromatic carbocycles. The summed E-state index contributed by atoms with van der Waals surface area (Å²) in [5.74, 6) is 0.835. The van der Waals surface area contributed by atoms with Crippen LogP contribution in [0, 0.1) is 11.7 Å². The van der Waals surface area contributed by atoms with Gasteiger partial charge in [0.1, 0.15) is 5.82 Å². The summed E-state index contributed by atoms with van der Waals surface area (Å²) in [4.78, 5) is 0. The number of hydrogen-bond acceptors (Lipinski definition) is 0. The molecule has 0 radical (unpaired) electrons. The Balaban J connectivity index is 1.40. The second-order valence-corrected chi connectivity index (χ2v) is 10.1. The van der Waals surface area contributed by atoms with E-state index in [4.69, 9.17) is 0 Å². The summed E-state index contributed by atoms with van der Waals surface area (Å²) in [7, 11) is 0. The van der Waals surface area contributed by atoms with E-state index in [1.165, 1.54) is 89.2 Å². The first-order valence-corrected chi connectivity index (χ1v) is 13.4. The Morgan fingerprint density at radius 3 is 1.88 bits per heavy atom. The molecule has 188 valence electrons. The van der Waals surface area contributed by atoms with Gasteiger partial charge in [0.05, 0.1) is 5.56 Å². The second kappa shape index (κ2) is 13.3. The van der Waals surface area contributed by atoms with Gasteiger partial charge in [-0.05, 0) is 66.8 Å². The van der Waals surface area contributed by atoms with Crippen molar-refractivity contribution < 1.29 is 17.6 Å². The van der Waals surface area contributed by atoms with E-state index >= 15 is 0 Å². The molecule has 0 amide bonds. The van der Waals surface area contributed by atoms with E-state index in [9.17, 15) is 17.6 Å². The van der Waals surface area contributed by atoms with Gasteiger partial charge in [0.25, 0.3) is 0 Å². The van der Waals surface area contributed by atoms with Gasteiger partial charge in [-0.25, -0.2) is 4.39 Å². The van der Waals surface area contributed by atoms with E-state index in [2.05, 4.69) is 6.92 Å². The van der Waals surface area contributed by atoms with Crippen LogP contribution in [-0.4, -0.2) is 0 Å². The molecule has 0 aromatic heterocycles. The molecule has 1 fully saturated rings. The van der Waals surface area contributed by atoms with Gasteiger partial charge in [-0.3, -0.25) is 0 Å². The molecule has 0 atom stereocenters. The first kappa shape index (κ1) is 26.8. The quantitative estimate of drug-likeness (QED) is 0.211. The van der Waals surface area contributed by atoms with Gasteiger partial charge in [-0.15, -0.1) is 0 Å². The van der Waals surface area contributed by atoms with Crippen molar-refractivity contribution in [3.05, 3.63) is 59.4 Å². The Labute approximate surface area is 203 Å². The summed E-state index contributed by atoms with van der Waals surface area (Å²) in [5, 5.41) is 0. The van der Waals surface area contributed by atoms with Crippen LogP contribution in [0.4, 0.5) is 17.6 Å². The first-order valence-electron chi connectivity index (χ1n) is 13.4. The van der Waals surface area contributed by atoms with Gasteiger partial charge < -0.3 is 0 Å². The molecule has 0 N–H and O–H groups in total. The molecule has 0 aliphatic heterocycles. The summed E-state index contributed by atoms with van der Waals surface area (Å²) >= 11 is 0. The Morgan fingerprint density at radius 2 is 1.32 bits per heavy atom. The van der Waals surface area contributed by atoms with Crippen LogP contribution < -0.4 is 0 Å². The zero-order valence-electron chi connectivity index (χ0n) is 20.6. The maximum absolute atomic E-state index is 14.8. The highest BCUT2D eigenvalue weighted by Gasteiger charge is 2.30. The van der Waals surface area contributed by atoms with Crippen molar-refractivity contribution >= 4 is 0 Å². The highest BCUT2D eigenvalue weighted by molar-refractivity contribution is 5.65. The van der Waals surface area contributed by atoms with Gasteiger partial charge >= 0.3 is 6.18 Å². The molecule has 0 saturated heterocycles. The van der Waals surface area contributed by atoms with Crippen LogP contribution in [-0.2, 0) is 6.18 Å². The van der Waals surface area contributed by atoms with Crippen molar-refractivity contribution in [3.8, 4) is 11.1 Å². The molecule has 0 bridgehead atoms. The summed E-state index contributed by atoms with van der Waals surface area (Å²) < 4.78 is 53.2. The van der Waals surface area contributed by atoms with E-state index in [1.54, 1.807) is 12.1 Å². The van der Waals surface area contributed by atoms with Crippen LogP contribution in [0.25, 0.3) is 11.1 Å². The Hall–Kier alpha value is -1.84. The predicted molar refractivity (Wildman–Crippen MR) is 133 cm³/mol. The highest BCUT2D eigenvalue weighted by atomic mass is 19.4. The van der Waals surface area contributed by atoms with Crippen molar-refractivity contribution in [2.75, 3.05) is 0 Å². The average Bonchev–Trinajstić information content (AvgIpc) is 2.83. The topological polar surface area (TPSA) is 0 Å². The molecule has 4 heteroatoms. The summed E-state index contributed by atoms with van der Waals surface area (Å²) in [6, 6.07) is 9.99. The van der Waals surface area contributed by atoms with Gasteiger partial charge in [0.2, 0.25) is 0 Å². The third-order valence-electron chi connectivity index (χ3n) is 7.55. The zero-order chi connectivity index (χ0) is 24.4. The first-order chi connectivity index (χ1) is 16.4.